The van der Waals surface area contributed by atoms with Crippen molar-refractivity contribution in [3.8, 4) is 0 Å². The lowest BCUT2D eigenvalue weighted by Gasteiger charge is -2.46. The van der Waals surface area contributed by atoms with Gasteiger partial charge in [-0.05, 0) is 24.8 Å². The molecule has 1 rings (SSSR count). The predicted octanol–water partition coefficient (Wildman–Crippen LogP) is 4.10. The molecule has 0 aromatic heterocycles. The lowest BCUT2D eigenvalue weighted by molar-refractivity contribution is 0.180. The van der Waals surface area contributed by atoms with Gasteiger partial charge in [-0.25, -0.2) is 0 Å². The van der Waals surface area contributed by atoms with Crippen LogP contribution in [-0.2, 0) is 8.85 Å². The van der Waals surface area contributed by atoms with E-state index in [1.165, 1.54) is 32.1 Å². The van der Waals surface area contributed by atoms with Crippen molar-refractivity contribution in [2.24, 2.45) is 5.92 Å². The van der Waals surface area contributed by atoms with E-state index in [2.05, 4.69) is 20.8 Å². The van der Waals surface area contributed by atoms with Gasteiger partial charge in [0.25, 0.3) is 0 Å². The Labute approximate surface area is 102 Å². The Balaban J connectivity index is 2.88. The Morgan fingerprint density at radius 1 is 1.06 bits per heavy atom. The third-order valence-corrected chi connectivity index (χ3v) is 9.23. The fraction of sp³-hybridized carbons (Fsp3) is 1.00. The first-order chi connectivity index (χ1) is 7.49. The second-order valence-corrected chi connectivity index (χ2v) is 9.82. The molecule has 1 saturated carbocycles. The van der Waals surface area contributed by atoms with Gasteiger partial charge in [0.15, 0.2) is 0 Å². The summed E-state index contributed by atoms with van der Waals surface area (Å²) in [5.41, 5.74) is 0. The number of hydrogen-bond donors (Lipinski definition) is 0. The third-order valence-electron chi connectivity index (χ3n) is 4.21. The molecular formula is C13H28O2Si. The van der Waals surface area contributed by atoms with Crippen molar-refractivity contribution < 1.29 is 8.85 Å². The topological polar surface area (TPSA) is 18.5 Å². The summed E-state index contributed by atoms with van der Waals surface area (Å²) in [6.45, 7) is 6.94. The first-order valence-corrected chi connectivity index (χ1v) is 8.62. The molecule has 0 radical (unpaired) electrons. The Hall–Kier alpha value is 0.137. The van der Waals surface area contributed by atoms with Gasteiger partial charge in [0.05, 0.1) is 0 Å². The Bertz CT molecular complexity index is 206. The second kappa shape index (κ2) is 5.65. The molecule has 16 heavy (non-hydrogen) atoms. The Kier molecular flexibility index (Phi) is 5.01. The van der Waals surface area contributed by atoms with Crippen LogP contribution in [0.3, 0.4) is 0 Å². The van der Waals surface area contributed by atoms with Gasteiger partial charge in [-0.2, -0.15) is 0 Å². The minimum absolute atomic E-state index is 0.318. The highest BCUT2D eigenvalue weighted by molar-refractivity contribution is 6.70. The van der Waals surface area contributed by atoms with E-state index in [4.69, 9.17) is 8.85 Å². The first-order valence-electron chi connectivity index (χ1n) is 6.60. The maximum atomic E-state index is 5.96. The van der Waals surface area contributed by atoms with Gasteiger partial charge in [0.2, 0.25) is 0 Å². The summed E-state index contributed by atoms with van der Waals surface area (Å²) in [7, 11) is 1.69. The van der Waals surface area contributed by atoms with Gasteiger partial charge in [-0.1, -0.05) is 40.0 Å². The molecule has 0 amide bonds. The maximum absolute atomic E-state index is 5.96. The molecule has 96 valence electrons. The van der Waals surface area contributed by atoms with Crippen molar-refractivity contribution in [2.45, 2.75) is 64.0 Å². The van der Waals surface area contributed by atoms with E-state index < -0.39 is 8.56 Å². The van der Waals surface area contributed by atoms with Crippen LogP contribution in [0.1, 0.15) is 52.9 Å². The summed E-state index contributed by atoms with van der Waals surface area (Å²) in [4.78, 5) is 0. The van der Waals surface area contributed by atoms with E-state index in [-0.39, 0.29) is 0 Å². The zero-order valence-corrected chi connectivity index (χ0v) is 12.6. The predicted molar refractivity (Wildman–Crippen MR) is 70.9 cm³/mol. The van der Waals surface area contributed by atoms with Crippen LogP contribution in [0.4, 0.5) is 0 Å². The second-order valence-electron chi connectivity index (χ2n) is 5.88. The molecule has 0 aromatic rings. The summed E-state index contributed by atoms with van der Waals surface area (Å²) in [6.07, 6.45) is 6.64. The number of hydrogen-bond acceptors (Lipinski definition) is 2. The van der Waals surface area contributed by atoms with Crippen LogP contribution in [-0.4, -0.2) is 22.8 Å². The fourth-order valence-corrected chi connectivity index (χ4v) is 7.41. The minimum atomic E-state index is -2.03. The molecule has 0 aliphatic heterocycles. The van der Waals surface area contributed by atoms with Crippen molar-refractivity contribution in [1.82, 2.24) is 0 Å². The first kappa shape index (κ1) is 14.2. The average Bonchev–Trinajstić information content (AvgIpc) is 2.26. The van der Waals surface area contributed by atoms with Gasteiger partial charge in [-0.3, -0.25) is 0 Å². The molecule has 0 atom stereocenters. The average molecular weight is 244 g/mol. The van der Waals surface area contributed by atoms with Gasteiger partial charge in [0.1, 0.15) is 0 Å². The minimum Gasteiger partial charge on any atom is -0.397 e. The smallest absolute Gasteiger partial charge is 0.344 e. The van der Waals surface area contributed by atoms with Crippen molar-refractivity contribution in [3.63, 3.8) is 0 Å². The largest absolute Gasteiger partial charge is 0.397 e. The molecule has 0 aromatic carbocycles. The van der Waals surface area contributed by atoms with Gasteiger partial charge in [-0.15, -0.1) is 0 Å². The highest BCUT2D eigenvalue weighted by Crippen LogP contribution is 2.52. The SMILES string of the molecule is CO[Si](CC(C)C)(OC)C1(C)CCCCC1. The quantitative estimate of drug-likeness (QED) is 0.678. The van der Waals surface area contributed by atoms with Crippen LogP contribution in [0.15, 0.2) is 0 Å². The summed E-state index contributed by atoms with van der Waals surface area (Å²) in [5.74, 6) is 0.658. The molecule has 0 bridgehead atoms. The van der Waals surface area contributed by atoms with Crippen LogP contribution < -0.4 is 0 Å². The normalized spacial score (nSPS) is 21.4. The fourth-order valence-electron chi connectivity index (χ4n) is 3.24. The monoisotopic (exact) mass is 244 g/mol. The highest BCUT2D eigenvalue weighted by atomic mass is 28.4. The summed E-state index contributed by atoms with van der Waals surface area (Å²) in [5, 5.41) is 0.318. The number of rotatable bonds is 5. The van der Waals surface area contributed by atoms with E-state index in [0.29, 0.717) is 11.0 Å². The Morgan fingerprint density at radius 3 is 1.94 bits per heavy atom. The van der Waals surface area contributed by atoms with Crippen LogP contribution in [0.2, 0.25) is 11.1 Å². The van der Waals surface area contributed by atoms with Crippen molar-refractivity contribution in [2.75, 3.05) is 14.2 Å². The lowest BCUT2D eigenvalue weighted by atomic mass is 9.90. The molecule has 3 heteroatoms. The van der Waals surface area contributed by atoms with Gasteiger partial charge in [0, 0.05) is 19.3 Å². The zero-order chi connectivity index (χ0) is 12.2. The van der Waals surface area contributed by atoms with Crippen LogP contribution >= 0.6 is 0 Å². The van der Waals surface area contributed by atoms with E-state index in [9.17, 15) is 0 Å². The van der Waals surface area contributed by atoms with Crippen molar-refractivity contribution >= 4 is 8.56 Å². The molecular weight excluding hydrogens is 216 g/mol. The van der Waals surface area contributed by atoms with E-state index in [1.54, 1.807) is 0 Å². The molecule has 0 spiro atoms. The van der Waals surface area contributed by atoms with Gasteiger partial charge >= 0.3 is 8.56 Å². The van der Waals surface area contributed by atoms with Crippen LogP contribution in [0.5, 0.6) is 0 Å². The summed E-state index contributed by atoms with van der Waals surface area (Å²) in [6, 6.07) is 1.12. The lowest BCUT2D eigenvalue weighted by Crippen LogP contribution is -2.52. The van der Waals surface area contributed by atoms with E-state index >= 15 is 0 Å². The molecule has 1 aliphatic carbocycles. The molecule has 0 heterocycles. The van der Waals surface area contributed by atoms with Crippen molar-refractivity contribution in [3.05, 3.63) is 0 Å². The highest BCUT2D eigenvalue weighted by Gasteiger charge is 2.53. The zero-order valence-electron chi connectivity index (χ0n) is 11.6. The molecule has 0 saturated heterocycles. The third kappa shape index (κ3) is 2.69. The molecule has 1 aliphatic rings. The standard InChI is InChI=1S/C13H28O2Si/c1-12(2)11-16(14-4,15-5)13(3)9-7-6-8-10-13/h12H,6-11H2,1-5H3. The van der Waals surface area contributed by atoms with Crippen LogP contribution in [0.25, 0.3) is 0 Å². The van der Waals surface area contributed by atoms with Crippen LogP contribution in [0, 0.1) is 5.92 Å². The van der Waals surface area contributed by atoms with Crippen molar-refractivity contribution in [1.29, 1.82) is 0 Å². The molecule has 0 N–H and O–H groups in total. The molecule has 1 fully saturated rings. The van der Waals surface area contributed by atoms with Gasteiger partial charge < -0.3 is 8.85 Å². The van der Waals surface area contributed by atoms with E-state index in [0.717, 1.165) is 6.04 Å². The summed E-state index contributed by atoms with van der Waals surface area (Å²) < 4.78 is 11.9. The molecule has 2 nitrogen and oxygen atoms in total. The Morgan fingerprint density at radius 2 is 1.56 bits per heavy atom. The molecule has 0 unspecified atom stereocenters. The maximum Gasteiger partial charge on any atom is 0.344 e. The van der Waals surface area contributed by atoms with E-state index in [1.807, 2.05) is 14.2 Å². The summed E-state index contributed by atoms with van der Waals surface area (Å²) >= 11 is 0.